The fourth-order valence-corrected chi connectivity index (χ4v) is 8.09. The van der Waals surface area contributed by atoms with Gasteiger partial charge in [-0.25, -0.2) is 0 Å². The molecule has 10 heteroatoms. The van der Waals surface area contributed by atoms with Crippen LogP contribution in [-0.4, -0.2) is 48.3 Å². The third kappa shape index (κ3) is 15.2. The molecule has 0 aliphatic heterocycles. The first-order valence-corrected chi connectivity index (χ1v) is 24.0. The largest absolute Gasteiger partial charge is 0.493 e. The first kappa shape index (κ1) is 53.5. The van der Waals surface area contributed by atoms with Gasteiger partial charge in [-0.1, -0.05) is 110 Å². The van der Waals surface area contributed by atoms with Crippen molar-refractivity contribution in [3.05, 3.63) is 135 Å². The molecule has 1 N–H and O–H groups in total. The van der Waals surface area contributed by atoms with Crippen molar-refractivity contribution >= 4 is 35.4 Å². The van der Waals surface area contributed by atoms with Gasteiger partial charge in [0.15, 0.2) is 34.6 Å². The second-order valence-electron chi connectivity index (χ2n) is 16.7. The number of methoxy groups -OCH3 is 2. The van der Waals surface area contributed by atoms with E-state index < -0.39 is 0 Å². The standard InChI is InChI=1S/C55H67N3O7.C2H6/c1-10-18-39(23-43-21-16-14-19-41(43)12-3)31-56-50-29-54(52(62-8)27-48(50)37(6)60)64-34-46-24-40(33-59)25-47(58-46)35-65-55-30-51(49(38(7)61)28-53(55)63-9)57-32-45(36(5)11-2)26-44-22-17-15-20-42(44)13-4;1-2/h14-17,19-22,24-25,27-32,36,39,45,59H,10-13,18,23,26,33-35H2,1-9H3;1-2H3. The highest BCUT2D eigenvalue weighted by atomic mass is 16.5. The summed E-state index contributed by atoms with van der Waals surface area (Å²) >= 11 is 0. The van der Waals surface area contributed by atoms with Crippen LogP contribution < -0.4 is 18.9 Å². The number of carbonyl (C=O) groups is 2. The lowest BCUT2D eigenvalue weighted by atomic mass is 9.85. The molecule has 67 heavy (non-hydrogen) atoms. The molecule has 0 saturated heterocycles. The van der Waals surface area contributed by atoms with Crippen LogP contribution in [0.1, 0.15) is 141 Å². The van der Waals surface area contributed by atoms with Crippen molar-refractivity contribution in [2.24, 2.45) is 27.7 Å². The Balaban J connectivity index is 0.00000483. The maximum Gasteiger partial charge on any atom is 0.163 e. The number of aromatic nitrogens is 1. The number of pyridine rings is 1. The lowest BCUT2D eigenvalue weighted by Crippen LogP contribution is -2.16. The average molecular weight is 912 g/mol. The summed E-state index contributed by atoms with van der Waals surface area (Å²) in [7, 11) is 3.06. The second kappa shape index (κ2) is 27.5. The third-order valence-electron chi connectivity index (χ3n) is 12.0. The number of Topliss-reactive ketones (excluding diaryl/α,β-unsaturated/α-hetero) is 2. The molecule has 0 aliphatic carbocycles. The molecule has 0 spiro atoms. The van der Waals surface area contributed by atoms with Gasteiger partial charge in [0.25, 0.3) is 0 Å². The second-order valence-corrected chi connectivity index (χ2v) is 16.7. The summed E-state index contributed by atoms with van der Waals surface area (Å²) in [4.78, 5) is 40.5. The molecule has 0 aliphatic rings. The Hall–Kier alpha value is -6.13. The Labute approximate surface area is 399 Å². The summed E-state index contributed by atoms with van der Waals surface area (Å²) in [6.07, 6.45) is 10.5. The number of aliphatic imine (C=N–C) groups is 2. The molecule has 0 saturated carbocycles. The number of aliphatic hydroxyl groups excluding tert-OH is 1. The Morgan fingerprint density at radius 1 is 0.657 bits per heavy atom. The maximum absolute atomic E-state index is 12.9. The van der Waals surface area contributed by atoms with Crippen LogP contribution in [0, 0.1) is 17.8 Å². The topological polar surface area (TPSA) is 129 Å². The van der Waals surface area contributed by atoms with Gasteiger partial charge in [0.1, 0.15) is 13.2 Å². The summed E-state index contributed by atoms with van der Waals surface area (Å²) in [5.41, 5.74) is 8.83. The van der Waals surface area contributed by atoms with E-state index in [2.05, 4.69) is 83.1 Å². The lowest BCUT2D eigenvalue weighted by molar-refractivity contribution is 0.100. The van der Waals surface area contributed by atoms with Gasteiger partial charge in [-0.2, -0.15) is 0 Å². The van der Waals surface area contributed by atoms with Crippen LogP contribution in [0.3, 0.4) is 0 Å². The minimum Gasteiger partial charge on any atom is -0.493 e. The van der Waals surface area contributed by atoms with Crippen LogP contribution in [0.5, 0.6) is 23.0 Å². The number of ketones is 2. The predicted molar refractivity (Wildman–Crippen MR) is 273 cm³/mol. The maximum atomic E-state index is 12.9. The Bertz CT molecular complexity index is 2440. The van der Waals surface area contributed by atoms with Crippen LogP contribution >= 0.6 is 0 Å². The zero-order chi connectivity index (χ0) is 48.9. The van der Waals surface area contributed by atoms with Gasteiger partial charge in [0, 0.05) is 41.6 Å². The molecule has 0 radical (unpaired) electrons. The molecule has 3 unspecified atom stereocenters. The van der Waals surface area contributed by atoms with Crippen LogP contribution in [-0.2, 0) is 45.5 Å². The number of rotatable bonds is 25. The first-order chi connectivity index (χ1) is 32.4. The number of aryl methyl sites for hydroxylation is 2. The zero-order valence-corrected chi connectivity index (χ0v) is 41.8. The van der Waals surface area contributed by atoms with Crippen LogP contribution in [0.15, 0.2) is 94.9 Å². The van der Waals surface area contributed by atoms with Gasteiger partial charge in [-0.05, 0) is 110 Å². The minimum absolute atomic E-state index is 0.0280. The molecule has 0 fully saturated rings. The number of ether oxygens (including phenoxy) is 4. The molecular weight excluding hydrogens is 839 g/mol. The summed E-state index contributed by atoms with van der Waals surface area (Å²) < 4.78 is 24.1. The Morgan fingerprint density at radius 2 is 1.12 bits per heavy atom. The number of benzene rings is 4. The van der Waals surface area contributed by atoms with Crippen molar-refractivity contribution in [3.63, 3.8) is 0 Å². The van der Waals surface area contributed by atoms with Gasteiger partial charge in [0.2, 0.25) is 0 Å². The third-order valence-corrected chi connectivity index (χ3v) is 12.0. The van der Waals surface area contributed by atoms with Crippen molar-refractivity contribution in [2.75, 3.05) is 14.2 Å². The Morgan fingerprint density at radius 3 is 1.54 bits per heavy atom. The van der Waals surface area contributed by atoms with E-state index in [0.29, 0.717) is 68.4 Å². The number of hydrogen-bond acceptors (Lipinski definition) is 10. The molecule has 5 rings (SSSR count). The fraction of sp³-hybridized carbons (Fsp3) is 0.421. The highest BCUT2D eigenvalue weighted by molar-refractivity contribution is 6.01. The molecule has 1 heterocycles. The van der Waals surface area contributed by atoms with Crippen LogP contribution in [0.25, 0.3) is 0 Å². The number of nitrogens with zero attached hydrogens (tertiary/aromatic N) is 3. The summed E-state index contributed by atoms with van der Waals surface area (Å²) in [6.45, 7) is 17.8. The SMILES string of the molecule is CC.CCCC(C=Nc1cc(OCc2cc(CO)cc(COc3cc(N=CC(Cc4ccccc4CC)C(C)CC)c(C(C)=O)cc3OC)n2)c(OC)cc1C(C)=O)Cc1ccccc1CC. The van der Waals surface area contributed by atoms with Crippen molar-refractivity contribution in [1.82, 2.24) is 4.98 Å². The van der Waals surface area contributed by atoms with Gasteiger partial charge in [-0.15, -0.1) is 0 Å². The summed E-state index contributed by atoms with van der Waals surface area (Å²) in [5, 5.41) is 10.3. The molecule has 10 nitrogen and oxygen atoms in total. The van der Waals surface area contributed by atoms with Crippen molar-refractivity contribution in [3.8, 4) is 23.0 Å². The molecule has 5 aromatic rings. The van der Waals surface area contributed by atoms with E-state index in [1.807, 2.05) is 26.3 Å². The molecule has 4 aromatic carbocycles. The molecule has 0 bridgehead atoms. The minimum atomic E-state index is -0.227. The van der Waals surface area contributed by atoms with Gasteiger partial charge in [-0.3, -0.25) is 24.6 Å². The van der Waals surface area contributed by atoms with E-state index in [0.717, 1.165) is 44.9 Å². The van der Waals surface area contributed by atoms with E-state index in [-0.39, 0.29) is 43.2 Å². The normalized spacial score (nSPS) is 12.6. The number of hydrogen-bond donors (Lipinski definition) is 1. The molecule has 0 amide bonds. The van der Waals surface area contributed by atoms with Gasteiger partial charge < -0.3 is 24.1 Å². The van der Waals surface area contributed by atoms with Crippen LogP contribution in [0.2, 0.25) is 0 Å². The summed E-state index contributed by atoms with van der Waals surface area (Å²) in [5.74, 6) is 1.98. The summed E-state index contributed by atoms with van der Waals surface area (Å²) in [6, 6.07) is 27.4. The molecule has 3 atom stereocenters. The Kier molecular flexibility index (Phi) is 21.9. The van der Waals surface area contributed by atoms with Crippen LogP contribution in [0.4, 0.5) is 11.4 Å². The molecule has 1 aromatic heterocycles. The predicted octanol–water partition coefficient (Wildman–Crippen LogP) is 13.3. The average Bonchev–Trinajstić information content (AvgIpc) is 3.35. The first-order valence-electron chi connectivity index (χ1n) is 24.0. The van der Waals surface area contributed by atoms with E-state index in [1.54, 1.807) is 36.4 Å². The quantitative estimate of drug-likeness (QED) is 0.0453. The highest BCUT2D eigenvalue weighted by Gasteiger charge is 2.20. The zero-order valence-electron chi connectivity index (χ0n) is 41.8. The van der Waals surface area contributed by atoms with Crippen molar-refractivity contribution < 1.29 is 33.6 Å². The molecule has 358 valence electrons. The fourth-order valence-electron chi connectivity index (χ4n) is 8.09. The highest BCUT2D eigenvalue weighted by Crippen LogP contribution is 2.38. The van der Waals surface area contributed by atoms with E-state index in [4.69, 9.17) is 33.9 Å². The van der Waals surface area contributed by atoms with E-state index in [1.165, 1.54) is 50.3 Å². The lowest BCUT2D eigenvalue weighted by Gasteiger charge is -2.21. The number of aliphatic hydroxyl groups is 1. The monoisotopic (exact) mass is 912 g/mol. The molecular formula is C57H73N3O7. The smallest absolute Gasteiger partial charge is 0.163 e. The van der Waals surface area contributed by atoms with Crippen molar-refractivity contribution in [1.29, 1.82) is 0 Å². The van der Waals surface area contributed by atoms with E-state index in [9.17, 15) is 14.7 Å². The van der Waals surface area contributed by atoms with E-state index >= 15 is 0 Å². The van der Waals surface area contributed by atoms with Gasteiger partial charge in [0.05, 0.1) is 43.6 Å². The van der Waals surface area contributed by atoms with Crippen molar-refractivity contribution in [2.45, 2.75) is 127 Å². The number of carbonyl (C=O) groups excluding carboxylic acids is 2. The van der Waals surface area contributed by atoms with Gasteiger partial charge >= 0.3 is 0 Å².